The maximum atomic E-state index is 14.7. The van der Waals surface area contributed by atoms with E-state index < -0.39 is 5.41 Å². The minimum Gasteiger partial charge on any atom is -0.323 e. The Balaban J connectivity index is 0.00000182. The molecular weight excluding hydrogens is 362 g/mol. The molecule has 2 aliphatic rings. The summed E-state index contributed by atoms with van der Waals surface area (Å²) in [6, 6.07) is 10.9. The summed E-state index contributed by atoms with van der Waals surface area (Å²) in [5.74, 6) is -0.438. The first-order valence-electron chi connectivity index (χ1n) is 8.19. The Kier molecular flexibility index (Phi) is 5.05. The number of anilines is 1. The van der Waals surface area contributed by atoms with Gasteiger partial charge < -0.3 is 10.6 Å². The number of carbonyl (C=O) groups excluding carboxylic acids is 1. The van der Waals surface area contributed by atoms with Crippen molar-refractivity contribution in [2.75, 3.05) is 11.9 Å². The van der Waals surface area contributed by atoms with Gasteiger partial charge in [0, 0.05) is 11.6 Å². The number of amides is 1. The van der Waals surface area contributed by atoms with Gasteiger partial charge in [0.25, 0.3) is 0 Å². The molecule has 0 bridgehead atoms. The van der Waals surface area contributed by atoms with Crippen LogP contribution in [0.15, 0.2) is 36.4 Å². The number of nitrogens with one attached hydrogen (secondary N) is 2. The zero-order valence-corrected chi connectivity index (χ0v) is 15.1. The third kappa shape index (κ3) is 3.26. The summed E-state index contributed by atoms with van der Waals surface area (Å²) in [7, 11) is 0. The van der Waals surface area contributed by atoms with Crippen molar-refractivity contribution in [1.29, 1.82) is 0 Å². The first-order valence-corrected chi connectivity index (χ1v) is 8.56. The van der Waals surface area contributed by atoms with E-state index in [2.05, 4.69) is 10.6 Å². The van der Waals surface area contributed by atoms with Gasteiger partial charge in [-0.2, -0.15) is 0 Å². The molecule has 1 aliphatic heterocycles. The lowest BCUT2D eigenvalue weighted by Gasteiger charge is -2.21. The van der Waals surface area contributed by atoms with Crippen molar-refractivity contribution < 1.29 is 9.18 Å². The second kappa shape index (κ2) is 6.94. The third-order valence-corrected chi connectivity index (χ3v) is 5.29. The van der Waals surface area contributed by atoms with Crippen LogP contribution in [0.25, 0.3) is 0 Å². The van der Waals surface area contributed by atoms with E-state index in [0.29, 0.717) is 23.6 Å². The minimum absolute atomic E-state index is 0. The molecule has 0 spiro atoms. The summed E-state index contributed by atoms with van der Waals surface area (Å²) < 4.78 is 14.7. The van der Waals surface area contributed by atoms with Gasteiger partial charge in [-0.3, -0.25) is 4.79 Å². The van der Waals surface area contributed by atoms with Crippen LogP contribution in [0.1, 0.15) is 29.5 Å². The zero-order valence-electron chi connectivity index (χ0n) is 13.6. The van der Waals surface area contributed by atoms with Gasteiger partial charge in [-0.05, 0) is 60.7 Å². The summed E-state index contributed by atoms with van der Waals surface area (Å²) in [4.78, 5) is 12.8. The van der Waals surface area contributed by atoms with Gasteiger partial charge in [0.05, 0.1) is 11.1 Å². The number of fused-ring (bicyclic) bond motifs is 1. The van der Waals surface area contributed by atoms with Crippen LogP contribution in [0.2, 0.25) is 5.02 Å². The Labute approximate surface area is 157 Å². The van der Waals surface area contributed by atoms with Crippen LogP contribution >= 0.6 is 24.0 Å². The van der Waals surface area contributed by atoms with Crippen molar-refractivity contribution in [2.24, 2.45) is 0 Å². The van der Waals surface area contributed by atoms with Crippen molar-refractivity contribution in [3.63, 3.8) is 0 Å². The van der Waals surface area contributed by atoms with Crippen LogP contribution in [0.4, 0.5) is 10.1 Å². The van der Waals surface area contributed by atoms with E-state index in [9.17, 15) is 9.18 Å². The van der Waals surface area contributed by atoms with Crippen LogP contribution < -0.4 is 10.6 Å². The Morgan fingerprint density at radius 2 is 1.88 bits per heavy atom. The van der Waals surface area contributed by atoms with E-state index in [1.807, 2.05) is 18.2 Å². The van der Waals surface area contributed by atoms with Crippen LogP contribution in [0.3, 0.4) is 0 Å². The summed E-state index contributed by atoms with van der Waals surface area (Å²) in [5, 5.41) is 6.68. The Bertz CT molecular complexity index is 804. The van der Waals surface area contributed by atoms with Crippen molar-refractivity contribution in [1.82, 2.24) is 5.32 Å². The maximum Gasteiger partial charge on any atom is 0.235 e. The van der Waals surface area contributed by atoms with Gasteiger partial charge in [0.15, 0.2) is 0 Å². The fourth-order valence-corrected chi connectivity index (χ4v) is 3.54. The molecule has 1 saturated carbocycles. The van der Waals surface area contributed by atoms with Crippen molar-refractivity contribution in [3.05, 3.63) is 63.9 Å². The van der Waals surface area contributed by atoms with Crippen molar-refractivity contribution in [2.45, 2.75) is 31.2 Å². The topological polar surface area (TPSA) is 41.1 Å². The Hall–Kier alpha value is -1.62. The summed E-state index contributed by atoms with van der Waals surface area (Å²) in [6.45, 7) is 1.44. The van der Waals surface area contributed by atoms with E-state index >= 15 is 0 Å². The lowest BCUT2D eigenvalue weighted by molar-refractivity contribution is -0.118. The average molecular weight is 381 g/mol. The molecule has 0 radical (unpaired) electrons. The summed E-state index contributed by atoms with van der Waals surface area (Å²) >= 11 is 5.92. The zero-order chi connectivity index (χ0) is 16.7. The number of carbonyl (C=O) groups is 1. The minimum atomic E-state index is -0.547. The lowest BCUT2D eigenvalue weighted by Crippen LogP contribution is -2.29. The van der Waals surface area contributed by atoms with E-state index in [4.69, 9.17) is 11.6 Å². The van der Waals surface area contributed by atoms with Crippen LogP contribution in [-0.2, 0) is 23.2 Å². The number of halogens is 3. The van der Waals surface area contributed by atoms with Gasteiger partial charge in [0.1, 0.15) is 5.82 Å². The quantitative estimate of drug-likeness (QED) is 0.836. The first kappa shape index (κ1) is 18.2. The first-order chi connectivity index (χ1) is 11.6. The van der Waals surface area contributed by atoms with Gasteiger partial charge in [-0.25, -0.2) is 4.39 Å². The molecule has 3 nitrogen and oxygen atoms in total. The van der Waals surface area contributed by atoms with E-state index in [1.54, 1.807) is 18.2 Å². The number of benzene rings is 2. The van der Waals surface area contributed by atoms with Gasteiger partial charge in [-0.1, -0.05) is 29.8 Å². The predicted molar refractivity (Wildman–Crippen MR) is 100 cm³/mol. The predicted octanol–water partition coefficient (Wildman–Crippen LogP) is 4.22. The third-order valence-electron chi connectivity index (χ3n) is 5.04. The van der Waals surface area contributed by atoms with Crippen LogP contribution in [0, 0.1) is 5.82 Å². The molecule has 1 aliphatic carbocycles. The summed E-state index contributed by atoms with van der Waals surface area (Å²) in [5.41, 5.74) is 2.35. The van der Waals surface area contributed by atoms with E-state index in [0.717, 1.165) is 30.5 Å². The largest absolute Gasteiger partial charge is 0.323 e. The number of rotatable bonds is 3. The molecule has 2 aromatic rings. The smallest absolute Gasteiger partial charge is 0.235 e. The lowest BCUT2D eigenvalue weighted by atomic mass is 9.94. The molecule has 0 saturated heterocycles. The highest BCUT2D eigenvalue weighted by Crippen LogP contribution is 2.49. The average Bonchev–Trinajstić information content (AvgIpc) is 3.40. The maximum absolute atomic E-state index is 14.7. The van der Waals surface area contributed by atoms with Crippen molar-refractivity contribution in [3.8, 4) is 0 Å². The van der Waals surface area contributed by atoms with Gasteiger partial charge in [0.2, 0.25) is 5.91 Å². The highest BCUT2D eigenvalue weighted by molar-refractivity contribution is 6.30. The molecule has 1 amide bonds. The molecule has 132 valence electrons. The molecule has 2 aromatic carbocycles. The Morgan fingerprint density at radius 3 is 2.56 bits per heavy atom. The standard InChI is InChI=1S/C19H18ClFN2O.ClH/c20-14-4-2-13(3-5-14)19(8-9-19)18(24)23-16-6-1-12-11-22-10-7-15(12)17(16)21;/h1-6,22H,7-11H2,(H,23,24);1H. The molecule has 25 heavy (non-hydrogen) atoms. The molecule has 0 atom stereocenters. The molecule has 1 heterocycles. The highest BCUT2D eigenvalue weighted by atomic mass is 35.5. The second-order valence-corrected chi connectivity index (χ2v) is 6.97. The molecule has 2 N–H and O–H groups in total. The second-order valence-electron chi connectivity index (χ2n) is 6.53. The molecule has 6 heteroatoms. The van der Waals surface area contributed by atoms with Crippen LogP contribution in [-0.4, -0.2) is 12.5 Å². The van der Waals surface area contributed by atoms with Crippen molar-refractivity contribution >= 4 is 35.6 Å². The normalized spacial score (nSPS) is 17.2. The van der Waals surface area contributed by atoms with Crippen LogP contribution in [0.5, 0.6) is 0 Å². The van der Waals surface area contributed by atoms with E-state index in [-0.39, 0.29) is 29.8 Å². The fraction of sp³-hybridized carbons (Fsp3) is 0.316. The molecule has 0 aromatic heterocycles. The number of hydrogen-bond acceptors (Lipinski definition) is 2. The number of hydrogen-bond donors (Lipinski definition) is 2. The van der Waals surface area contributed by atoms with Gasteiger partial charge in [-0.15, -0.1) is 12.4 Å². The fourth-order valence-electron chi connectivity index (χ4n) is 3.41. The molecule has 0 unspecified atom stereocenters. The summed E-state index contributed by atoms with van der Waals surface area (Å²) in [6.07, 6.45) is 2.20. The molecule has 1 fully saturated rings. The Morgan fingerprint density at radius 1 is 1.16 bits per heavy atom. The monoisotopic (exact) mass is 380 g/mol. The van der Waals surface area contributed by atoms with E-state index in [1.165, 1.54) is 0 Å². The molecule has 4 rings (SSSR count). The molecular formula is C19H19Cl2FN2O. The highest BCUT2D eigenvalue weighted by Gasteiger charge is 2.51. The van der Waals surface area contributed by atoms with Gasteiger partial charge >= 0.3 is 0 Å². The SMILES string of the molecule is Cl.O=C(Nc1ccc2c(c1F)CCNC2)C1(c2ccc(Cl)cc2)CC1.